The van der Waals surface area contributed by atoms with Crippen molar-refractivity contribution < 1.29 is 9.21 Å². The first-order valence-corrected chi connectivity index (χ1v) is 8.73. The van der Waals surface area contributed by atoms with Gasteiger partial charge in [0, 0.05) is 36.5 Å². The zero-order valence-corrected chi connectivity index (χ0v) is 17.5. The summed E-state index contributed by atoms with van der Waals surface area (Å²) in [4.78, 5) is 16.0. The predicted octanol–water partition coefficient (Wildman–Crippen LogP) is 4.54. The molecule has 0 aliphatic carbocycles. The molecule has 5 nitrogen and oxygen atoms in total. The van der Waals surface area contributed by atoms with E-state index < -0.39 is 0 Å². The van der Waals surface area contributed by atoms with Crippen LogP contribution in [-0.2, 0) is 11.2 Å². The monoisotopic (exact) mass is 441 g/mol. The molecule has 2 aromatic rings. The zero-order valence-electron chi connectivity index (χ0n) is 14.4. The number of hydrogen-bond donors (Lipinski definition) is 2. The summed E-state index contributed by atoms with van der Waals surface area (Å²) in [6.45, 7) is 4.46. The van der Waals surface area contributed by atoms with Crippen LogP contribution in [0.5, 0.6) is 0 Å². The molecule has 0 aliphatic rings. The number of rotatable bonds is 9. The van der Waals surface area contributed by atoms with Crippen molar-refractivity contribution in [2.75, 3.05) is 19.6 Å². The van der Waals surface area contributed by atoms with Gasteiger partial charge in [0.05, 0.1) is 11.2 Å². The average Bonchev–Trinajstić information content (AvgIpc) is 3.01. The molecule has 2 rings (SSSR count). The van der Waals surface area contributed by atoms with Crippen LogP contribution < -0.4 is 10.6 Å². The van der Waals surface area contributed by atoms with Crippen LogP contribution in [0.1, 0.15) is 25.7 Å². The number of nitrogens with zero attached hydrogens (tertiary/aromatic N) is 1. The normalized spacial score (nSPS) is 9.96. The van der Waals surface area contributed by atoms with Crippen molar-refractivity contribution in [2.24, 2.45) is 0 Å². The third kappa shape index (κ3) is 8.14. The highest BCUT2D eigenvalue weighted by Crippen LogP contribution is 2.30. The molecular weight excluding hydrogens is 420 g/mol. The number of aryl methyl sites for hydroxylation is 1. The summed E-state index contributed by atoms with van der Waals surface area (Å²) in [7, 11) is 0. The molecule has 1 aromatic heterocycles. The van der Waals surface area contributed by atoms with Gasteiger partial charge in [-0.2, -0.15) is 0 Å². The van der Waals surface area contributed by atoms with E-state index in [-0.39, 0.29) is 30.7 Å². The fourth-order valence-electron chi connectivity index (χ4n) is 2.14. The third-order valence-electron chi connectivity index (χ3n) is 3.37. The quantitative estimate of drug-likeness (QED) is 0.559. The molecule has 26 heavy (non-hydrogen) atoms. The van der Waals surface area contributed by atoms with Crippen LogP contribution in [0.2, 0.25) is 10.0 Å². The standard InChI is InChI=1S/C17H21Cl2N3O2.2ClH/c1-2-7-20-8-9-21-16(23)5-6-17-22-11-15(24-17)13-4-3-12(18)10-14(13)19;;/h3-4,10-11,20H,2,5-9H2,1H3,(H,21,23);2*1H. The summed E-state index contributed by atoms with van der Waals surface area (Å²) in [5.74, 6) is 1.06. The molecule has 1 aromatic carbocycles. The van der Waals surface area contributed by atoms with Gasteiger partial charge in [-0.25, -0.2) is 4.98 Å². The molecule has 0 aliphatic heterocycles. The number of halogens is 4. The molecule has 0 spiro atoms. The Balaban J connectivity index is 0.00000312. The van der Waals surface area contributed by atoms with Gasteiger partial charge >= 0.3 is 0 Å². The zero-order chi connectivity index (χ0) is 17.4. The second-order valence-corrected chi connectivity index (χ2v) is 6.19. The number of carbonyl (C=O) groups excluding carboxylic acids is 1. The van der Waals surface area contributed by atoms with Crippen molar-refractivity contribution in [1.82, 2.24) is 15.6 Å². The van der Waals surface area contributed by atoms with Crippen LogP contribution >= 0.6 is 48.0 Å². The molecular formula is C17H23Cl4N3O2. The molecule has 9 heteroatoms. The van der Waals surface area contributed by atoms with Crippen LogP contribution in [0, 0.1) is 0 Å². The van der Waals surface area contributed by atoms with Gasteiger partial charge in [0.25, 0.3) is 0 Å². The lowest BCUT2D eigenvalue weighted by Crippen LogP contribution is -2.32. The van der Waals surface area contributed by atoms with Gasteiger partial charge in [0.15, 0.2) is 11.7 Å². The van der Waals surface area contributed by atoms with Crippen molar-refractivity contribution in [1.29, 1.82) is 0 Å². The van der Waals surface area contributed by atoms with Crippen molar-refractivity contribution in [2.45, 2.75) is 26.2 Å². The van der Waals surface area contributed by atoms with Gasteiger partial charge in [-0.1, -0.05) is 30.1 Å². The van der Waals surface area contributed by atoms with E-state index in [4.69, 9.17) is 27.6 Å². The molecule has 0 atom stereocenters. The summed E-state index contributed by atoms with van der Waals surface area (Å²) in [5.41, 5.74) is 0.728. The summed E-state index contributed by atoms with van der Waals surface area (Å²) >= 11 is 12.0. The number of benzene rings is 1. The number of hydrogen-bond acceptors (Lipinski definition) is 4. The number of nitrogens with one attached hydrogen (secondary N) is 2. The van der Waals surface area contributed by atoms with Crippen LogP contribution in [0.15, 0.2) is 28.8 Å². The Morgan fingerprint density at radius 3 is 2.65 bits per heavy atom. The second-order valence-electron chi connectivity index (χ2n) is 5.34. The van der Waals surface area contributed by atoms with E-state index in [0.29, 0.717) is 41.1 Å². The molecule has 1 amide bonds. The molecule has 0 fully saturated rings. The lowest BCUT2D eigenvalue weighted by molar-refractivity contribution is -0.121. The topological polar surface area (TPSA) is 67.2 Å². The molecule has 146 valence electrons. The largest absolute Gasteiger partial charge is 0.441 e. The minimum Gasteiger partial charge on any atom is -0.441 e. The number of aromatic nitrogens is 1. The first-order valence-electron chi connectivity index (χ1n) is 7.97. The number of amides is 1. The van der Waals surface area contributed by atoms with E-state index in [9.17, 15) is 4.79 Å². The Morgan fingerprint density at radius 2 is 1.96 bits per heavy atom. The van der Waals surface area contributed by atoms with Crippen LogP contribution in [0.4, 0.5) is 0 Å². The maximum atomic E-state index is 11.8. The van der Waals surface area contributed by atoms with E-state index in [1.54, 1.807) is 24.4 Å². The maximum absolute atomic E-state index is 11.8. The molecule has 2 N–H and O–H groups in total. The Bertz CT molecular complexity index is 680. The van der Waals surface area contributed by atoms with E-state index >= 15 is 0 Å². The minimum atomic E-state index is -0.0161. The summed E-state index contributed by atoms with van der Waals surface area (Å²) in [6, 6.07) is 5.18. The minimum absolute atomic E-state index is 0. The molecule has 0 saturated carbocycles. The van der Waals surface area contributed by atoms with Gasteiger partial charge in [-0.15, -0.1) is 24.8 Å². The molecule has 1 heterocycles. The smallest absolute Gasteiger partial charge is 0.220 e. The van der Waals surface area contributed by atoms with Crippen LogP contribution in [0.25, 0.3) is 11.3 Å². The molecule has 0 bridgehead atoms. The van der Waals surface area contributed by atoms with E-state index in [2.05, 4.69) is 22.5 Å². The highest BCUT2D eigenvalue weighted by molar-refractivity contribution is 6.36. The van der Waals surface area contributed by atoms with E-state index in [1.807, 2.05) is 0 Å². The highest BCUT2D eigenvalue weighted by atomic mass is 35.5. The Kier molecular flexibility index (Phi) is 12.7. The lowest BCUT2D eigenvalue weighted by Gasteiger charge is -2.05. The average molecular weight is 443 g/mol. The summed E-state index contributed by atoms with van der Waals surface area (Å²) in [5, 5.41) is 7.15. The fraction of sp³-hybridized carbons (Fsp3) is 0.412. The SMILES string of the molecule is CCCNCCNC(=O)CCc1ncc(-c2ccc(Cl)cc2Cl)o1.Cl.Cl. The first kappa shape index (κ1) is 25.0. The number of oxazole rings is 1. The van der Waals surface area contributed by atoms with Crippen molar-refractivity contribution >= 4 is 53.9 Å². The summed E-state index contributed by atoms with van der Waals surface area (Å²) < 4.78 is 5.67. The van der Waals surface area contributed by atoms with Gasteiger partial charge in [0.1, 0.15) is 0 Å². The Hall–Kier alpha value is -0.980. The first-order chi connectivity index (χ1) is 11.6. The van der Waals surface area contributed by atoms with Crippen LogP contribution in [0.3, 0.4) is 0 Å². The fourth-order valence-corrected chi connectivity index (χ4v) is 2.64. The molecule has 0 radical (unpaired) electrons. The molecule has 0 saturated heterocycles. The van der Waals surface area contributed by atoms with Crippen molar-refractivity contribution in [3.8, 4) is 11.3 Å². The van der Waals surface area contributed by atoms with Crippen molar-refractivity contribution in [3.63, 3.8) is 0 Å². The number of carbonyl (C=O) groups is 1. The van der Waals surface area contributed by atoms with Crippen molar-refractivity contribution in [3.05, 3.63) is 40.3 Å². The van der Waals surface area contributed by atoms with Gasteiger partial charge in [-0.05, 0) is 31.2 Å². The van der Waals surface area contributed by atoms with Gasteiger partial charge in [0.2, 0.25) is 5.91 Å². The van der Waals surface area contributed by atoms with Gasteiger partial charge in [-0.3, -0.25) is 4.79 Å². The van der Waals surface area contributed by atoms with Gasteiger partial charge < -0.3 is 15.1 Å². The third-order valence-corrected chi connectivity index (χ3v) is 3.91. The highest BCUT2D eigenvalue weighted by Gasteiger charge is 2.11. The van der Waals surface area contributed by atoms with E-state index in [1.165, 1.54) is 0 Å². The molecule has 0 unspecified atom stereocenters. The van der Waals surface area contributed by atoms with E-state index in [0.717, 1.165) is 25.1 Å². The summed E-state index contributed by atoms with van der Waals surface area (Å²) in [6.07, 6.45) is 3.47. The predicted molar refractivity (Wildman–Crippen MR) is 111 cm³/mol. The maximum Gasteiger partial charge on any atom is 0.220 e. The second kappa shape index (κ2) is 13.2. The van der Waals surface area contributed by atoms with Crippen LogP contribution in [-0.4, -0.2) is 30.5 Å². The Morgan fingerprint density at radius 1 is 1.19 bits per heavy atom. The Labute approximate surface area is 176 Å². The lowest BCUT2D eigenvalue weighted by atomic mass is 10.2.